The molecule has 3 aromatic rings. The van der Waals surface area contributed by atoms with Crippen LogP contribution in [0.15, 0.2) is 59.9 Å². The van der Waals surface area contributed by atoms with Gasteiger partial charge in [0.2, 0.25) is 0 Å². The van der Waals surface area contributed by atoms with Crippen LogP contribution in [0, 0.1) is 0 Å². The molecule has 0 radical (unpaired) electrons. The SMILES string of the molecule is c1cnc(C2=Nc3cccc4cccc(c34)N2)nc1. The number of aliphatic imine (C=N–C) groups is 1. The third-order valence-corrected chi connectivity index (χ3v) is 3.15. The molecule has 0 atom stereocenters. The Labute approximate surface area is 109 Å². The summed E-state index contributed by atoms with van der Waals surface area (Å²) in [6.07, 6.45) is 3.43. The molecule has 0 bridgehead atoms. The molecule has 2 heterocycles. The van der Waals surface area contributed by atoms with Gasteiger partial charge in [-0.1, -0.05) is 24.3 Å². The lowest BCUT2D eigenvalue weighted by molar-refractivity contribution is 1.13. The van der Waals surface area contributed by atoms with Crippen molar-refractivity contribution in [2.24, 2.45) is 4.99 Å². The average molecular weight is 246 g/mol. The second-order valence-corrected chi connectivity index (χ2v) is 4.34. The number of amidine groups is 1. The molecule has 0 unspecified atom stereocenters. The van der Waals surface area contributed by atoms with Crippen LogP contribution in [-0.4, -0.2) is 15.8 Å². The average Bonchev–Trinajstić information content (AvgIpc) is 2.49. The molecule has 1 aliphatic heterocycles. The van der Waals surface area contributed by atoms with Crippen molar-refractivity contribution in [2.75, 3.05) is 5.32 Å². The summed E-state index contributed by atoms with van der Waals surface area (Å²) in [5.74, 6) is 1.29. The van der Waals surface area contributed by atoms with E-state index in [0.717, 1.165) is 16.8 Å². The third-order valence-electron chi connectivity index (χ3n) is 3.15. The van der Waals surface area contributed by atoms with Gasteiger partial charge < -0.3 is 5.32 Å². The highest BCUT2D eigenvalue weighted by Gasteiger charge is 2.16. The van der Waals surface area contributed by atoms with E-state index in [-0.39, 0.29) is 0 Å². The molecule has 0 saturated heterocycles. The van der Waals surface area contributed by atoms with Crippen LogP contribution in [-0.2, 0) is 0 Å². The number of nitrogens with zero attached hydrogens (tertiary/aromatic N) is 3. The number of anilines is 1. The Bertz CT molecular complexity index is 788. The molecule has 1 N–H and O–H groups in total. The van der Waals surface area contributed by atoms with Crippen LogP contribution < -0.4 is 5.32 Å². The molecule has 0 amide bonds. The van der Waals surface area contributed by atoms with Gasteiger partial charge in [0.15, 0.2) is 11.7 Å². The highest BCUT2D eigenvalue weighted by atomic mass is 15.1. The molecule has 0 aliphatic carbocycles. The van der Waals surface area contributed by atoms with Crippen LogP contribution in [0.4, 0.5) is 11.4 Å². The highest BCUT2D eigenvalue weighted by Crippen LogP contribution is 2.35. The normalized spacial score (nSPS) is 12.9. The Hall–Kier alpha value is -2.75. The van der Waals surface area contributed by atoms with Crippen molar-refractivity contribution in [3.63, 3.8) is 0 Å². The first kappa shape index (κ1) is 10.2. The minimum atomic E-state index is 0.606. The molecule has 0 saturated carbocycles. The Balaban J connectivity index is 1.96. The van der Waals surface area contributed by atoms with E-state index >= 15 is 0 Å². The molecule has 4 nitrogen and oxygen atoms in total. The van der Waals surface area contributed by atoms with Crippen molar-refractivity contribution in [3.8, 4) is 0 Å². The van der Waals surface area contributed by atoms with E-state index in [9.17, 15) is 0 Å². The Morgan fingerprint density at radius 2 is 1.63 bits per heavy atom. The number of rotatable bonds is 1. The standard InChI is InChI=1S/C15H10N4/c1-4-10-5-2-7-12-13(10)11(6-1)18-15(19-12)14-16-8-3-9-17-14/h1-9H,(H,18,19). The van der Waals surface area contributed by atoms with Crippen LogP contribution in [0.1, 0.15) is 5.82 Å². The number of benzene rings is 2. The topological polar surface area (TPSA) is 50.2 Å². The zero-order valence-corrected chi connectivity index (χ0v) is 10.0. The summed E-state index contributed by atoms with van der Waals surface area (Å²) in [5.41, 5.74) is 2.00. The Kier molecular flexibility index (Phi) is 2.08. The van der Waals surface area contributed by atoms with Crippen molar-refractivity contribution in [2.45, 2.75) is 0 Å². The zero-order valence-electron chi connectivity index (χ0n) is 10.0. The lowest BCUT2D eigenvalue weighted by Crippen LogP contribution is -2.18. The maximum Gasteiger partial charge on any atom is 0.195 e. The van der Waals surface area contributed by atoms with E-state index in [0.29, 0.717) is 11.7 Å². The number of nitrogens with one attached hydrogen (secondary N) is 1. The highest BCUT2D eigenvalue weighted by molar-refractivity contribution is 6.17. The molecule has 90 valence electrons. The first-order valence-electron chi connectivity index (χ1n) is 6.07. The molecule has 1 aliphatic rings. The Morgan fingerprint density at radius 1 is 0.842 bits per heavy atom. The zero-order chi connectivity index (χ0) is 12.7. The molecule has 2 aromatic carbocycles. The van der Waals surface area contributed by atoms with Gasteiger partial charge in [-0.3, -0.25) is 0 Å². The maximum absolute atomic E-state index is 4.61. The molecule has 1 aromatic heterocycles. The van der Waals surface area contributed by atoms with Crippen molar-refractivity contribution in [1.29, 1.82) is 0 Å². The van der Waals surface area contributed by atoms with Gasteiger partial charge in [-0.15, -0.1) is 0 Å². The van der Waals surface area contributed by atoms with Crippen LogP contribution in [0.2, 0.25) is 0 Å². The summed E-state index contributed by atoms with van der Waals surface area (Å²) in [4.78, 5) is 13.1. The van der Waals surface area contributed by atoms with Gasteiger partial charge >= 0.3 is 0 Å². The van der Waals surface area contributed by atoms with Crippen molar-refractivity contribution < 1.29 is 0 Å². The largest absolute Gasteiger partial charge is 0.336 e. The fraction of sp³-hybridized carbons (Fsp3) is 0. The first-order chi connectivity index (χ1) is 9.42. The smallest absolute Gasteiger partial charge is 0.195 e. The minimum absolute atomic E-state index is 0.606. The summed E-state index contributed by atoms with van der Waals surface area (Å²) in [7, 11) is 0. The monoisotopic (exact) mass is 246 g/mol. The van der Waals surface area contributed by atoms with Crippen molar-refractivity contribution in [1.82, 2.24) is 9.97 Å². The molecule has 0 fully saturated rings. The third kappa shape index (κ3) is 1.57. The summed E-state index contributed by atoms with van der Waals surface area (Å²) >= 11 is 0. The van der Waals surface area contributed by atoms with Crippen molar-refractivity contribution in [3.05, 3.63) is 60.7 Å². The van der Waals surface area contributed by atoms with Crippen molar-refractivity contribution >= 4 is 28.0 Å². The number of hydrogen-bond acceptors (Lipinski definition) is 4. The van der Waals surface area contributed by atoms with Gasteiger partial charge in [-0.25, -0.2) is 15.0 Å². The molecule has 19 heavy (non-hydrogen) atoms. The maximum atomic E-state index is 4.61. The van der Waals surface area contributed by atoms with Crippen LogP contribution in [0.5, 0.6) is 0 Å². The van der Waals surface area contributed by atoms with Gasteiger partial charge in [0.1, 0.15) is 0 Å². The van der Waals surface area contributed by atoms with E-state index in [1.165, 1.54) is 5.39 Å². The van der Waals surface area contributed by atoms with Gasteiger partial charge in [0, 0.05) is 23.5 Å². The second-order valence-electron chi connectivity index (χ2n) is 4.34. The van der Waals surface area contributed by atoms with Crippen LogP contribution in [0.25, 0.3) is 10.8 Å². The number of aromatic nitrogens is 2. The fourth-order valence-corrected chi connectivity index (χ4v) is 2.32. The first-order valence-corrected chi connectivity index (χ1v) is 6.07. The van der Waals surface area contributed by atoms with E-state index in [2.05, 4.69) is 32.4 Å². The molecule has 4 heteroatoms. The lowest BCUT2D eigenvalue weighted by atomic mass is 10.1. The molecular formula is C15H10N4. The van der Waals surface area contributed by atoms with Crippen LogP contribution >= 0.6 is 0 Å². The van der Waals surface area contributed by atoms with Gasteiger partial charge in [-0.05, 0) is 23.6 Å². The lowest BCUT2D eigenvalue weighted by Gasteiger charge is -2.17. The summed E-state index contributed by atoms with van der Waals surface area (Å²) in [5, 5.41) is 5.63. The van der Waals surface area contributed by atoms with E-state index < -0.39 is 0 Å². The van der Waals surface area contributed by atoms with Gasteiger partial charge in [-0.2, -0.15) is 0 Å². The van der Waals surface area contributed by atoms with Gasteiger partial charge in [0.05, 0.1) is 5.69 Å². The predicted octanol–water partition coefficient (Wildman–Crippen LogP) is 3.13. The minimum Gasteiger partial charge on any atom is -0.336 e. The summed E-state index contributed by atoms with van der Waals surface area (Å²) in [6.45, 7) is 0. The Morgan fingerprint density at radius 3 is 2.47 bits per heavy atom. The summed E-state index contributed by atoms with van der Waals surface area (Å²) < 4.78 is 0. The second kappa shape index (κ2) is 3.88. The molecule has 4 rings (SSSR count). The van der Waals surface area contributed by atoms with E-state index in [4.69, 9.17) is 0 Å². The van der Waals surface area contributed by atoms with Gasteiger partial charge in [0.25, 0.3) is 0 Å². The predicted molar refractivity (Wildman–Crippen MR) is 75.8 cm³/mol. The number of hydrogen-bond donors (Lipinski definition) is 1. The quantitative estimate of drug-likeness (QED) is 0.717. The molecule has 0 spiro atoms. The fourth-order valence-electron chi connectivity index (χ4n) is 2.32. The van der Waals surface area contributed by atoms with E-state index in [1.807, 2.05) is 24.3 Å². The molecular weight excluding hydrogens is 236 g/mol. The van der Waals surface area contributed by atoms with E-state index in [1.54, 1.807) is 18.5 Å². The summed E-state index contributed by atoms with van der Waals surface area (Å²) in [6, 6.07) is 14.1. The van der Waals surface area contributed by atoms with Crippen LogP contribution in [0.3, 0.4) is 0 Å².